The number of rotatable bonds is 4. The molecule has 1 aromatic carbocycles. The number of carbonyl (C=O) groups excluding carboxylic acids is 1. The molecule has 0 atom stereocenters. The maximum absolute atomic E-state index is 12.4. The van der Waals surface area contributed by atoms with E-state index in [1.807, 2.05) is 24.3 Å². The van der Waals surface area contributed by atoms with E-state index in [2.05, 4.69) is 25.1 Å². The van der Waals surface area contributed by atoms with Crippen LogP contribution in [0.25, 0.3) is 0 Å². The van der Waals surface area contributed by atoms with Crippen LogP contribution in [0.3, 0.4) is 0 Å². The molecule has 1 N–H and O–H groups in total. The number of nitrogens with one attached hydrogen (secondary N) is 1. The Morgan fingerprint density at radius 1 is 1.04 bits per heavy atom. The zero-order chi connectivity index (χ0) is 18.5. The Labute approximate surface area is 158 Å². The Morgan fingerprint density at radius 3 is 2.56 bits per heavy atom. The molecular formula is C19H23N5O3. The van der Waals surface area contributed by atoms with Gasteiger partial charge in [-0.1, -0.05) is 0 Å². The minimum Gasteiger partial charge on any atom is -0.490 e. The average molecular weight is 369 g/mol. The van der Waals surface area contributed by atoms with Crippen LogP contribution in [0.15, 0.2) is 36.7 Å². The minimum absolute atomic E-state index is 0.0334. The molecule has 3 heterocycles. The SMILES string of the molecule is O=C(CN1CCN(c2ncccn2)CC1)Nc1ccc2c(c1)OCCCO2. The molecule has 0 aliphatic carbocycles. The summed E-state index contributed by atoms with van der Waals surface area (Å²) in [6.45, 7) is 4.85. The first-order chi connectivity index (χ1) is 13.3. The lowest BCUT2D eigenvalue weighted by Gasteiger charge is -2.34. The van der Waals surface area contributed by atoms with E-state index >= 15 is 0 Å². The molecule has 0 spiro atoms. The molecule has 4 rings (SSSR count). The second kappa shape index (κ2) is 8.22. The van der Waals surface area contributed by atoms with Crippen molar-refractivity contribution < 1.29 is 14.3 Å². The third kappa shape index (κ3) is 4.46. The van der Waals surface area contributed by atoms with E-state index in [9.17, 15) is 4.79 Å². The van der Waals surface area contributed by atoms with Gasteiger partial charge in [-0.2, -0.15) is 0 Å². The molecule has 0 radical (unpaired) electrons. The molecule has 1 saturated heterocycles. The lowest BCUT2D eigenvalue weighted by atomic mass is 10.2. The second-order valence-corrected chi connectivity index (χ2v) is 6.57. The number of hydrogen-bond donors (Lipinski definition) is 1. The molecule has 2 aliphatic rings. The highest BCUT2D eigenvalue weighted by Gasteiger charge is 2.20. The van der Waals surface area contributed by atoms with Crippen molar-refractivity contribution in [3.05, 3.63) is 36.7 Å². The molecule has 0 bridgehead atoms. The predicted molar refractivity (Wildman–Crippen MR) is 101 cm³/mol. The van der Waals surface area contributed by atoms with Gasteiger partial charge in [0, 0.05) is 56.7 Å². The van der Waals surface area contributed by atoms with E-state index < -0.39 is 0 Å². The van der Waals surface area contributed by atoms with Crippen LogP contribution in [0.1, 0.15) is 6.42 Å². The Kier molecular flexibility index (Phi) is 5.34. The van der Waals surface area contributed by atoms with E-state index in [1.165, 1.54) is 0 Å². The summed E-state index contributed by atoms with van der Waals surface area (Å²) in [4.78, 5) is 25.2. The maximum atomic E-state index is 12.4. The van der Waals surface area contributed by atoms with E-state index in [0.717, 1.165) is 50.0 Å². The molecule has 142 valence electrons. The molecule has 1 aromatic heterocycles. The highest BCUT2D eigenvalue weighted by molar-refractivity contribution is 5.92. The van der Waals surface area contributed by atoms with Crippen molar-refractivity contribution in [2.75, 3.05) is 56.2 Å². The van der Waals surface area contributed by atoms with Gasteiger partial charge in [-0.15, -0.1) is 0 Å². The Morgan fingerprint density at radius 2 is 1.78 bits per heavy atom. The van der Waals surface area contributed by atoms with Crippen molar-refractivity contribution in [1.82, 2.24) is 14.9 Å². The van der Waals surface area contributed by atoms with Gasteiger partial charge in [0.15, 0.2) is 11.5 Å². The Balaban J connectivity index is 1.28. The number of aromatic nitrogens is 2. The number of carbonyl (C=O) groups is 1. The standard InChI is InChI=1S/C19H23N5O3/c25-18(22-15-3-4-16-17(13-15)27-12-2-11-26-16)14-23-7-9-24(10-8-23)19-20-5-1-6-21-19/h1,3-6,13H,2,7-12,14H2,(H,22,25). The predicted octanol–water partition coefficient (Wildman–Crippen LogP) is 1.40. The minimum atomic E-state index is -0.0334. The van der Waals surface area contributed by atoms with Crippen molar-refractivity contribution in [1.29, 1.82) is 0 Å². The third-order valence-electron chi connectivity index (χ3n) is 4.61. The number of ether oxygens (including phenoxy) is 2. The smallest absolute Gasteiger partial charge is 0.238 e. The topological polar surface area (TPSA) is 79.8 Å². The summed E-state index contributed by atoms with van der Waals surface area (Å²) in [5.74, 6) is 2.12. The average Bonchev–Trinajstić information content (AvgIpc) is 2.94. The Hall–Kier alpha value is -2.87. The number of nitrogens with zero attached hydrogens (tertiary/aromatic N) is 4. The highest BCUT2D eigenvalue weighted by atomic mass is 16.5. The van der Waals surface area contributed by atoms with Crippen LogP contribution >= 0.6 is 0 Å². The lowest BCUT2D eigenvalue weighted by molar-refractivity contribution is -0.117. The van der Waals surface area contributed by atoms with Crippen molar-refractivity contribution >= 4 is 17.5 Å². The van der Waals surface area contributed by atoms with Gasteiger partial charge in [-0.25, -0.2) is 9.97 Å². The normalized spacial score (nSPS) is 17.3. The van der Waals surface area contributed by atoms with Gasteiger partial charge in [-0.05, 0) is 18.2 Å². The molecule has 0 unspecified atom stereocenters. The molecule has 27 heavy (non-hydrogen) atoms. The summed E-state index contributed by atoms with van der Waals surface area (Å²) in [7, 11) is 0. The fourth-order valence-electron chi connectivity index (χ4n) is 3.21. The third-order valence-corrected chi connectivity index (χ3v) is 4.61. The zero-order valence-electron chi connectivity index (χ0n) is 15.1. The summed E-state index contributed by atoms with van der Waals surface area (Å²) in [5, 5.41) is 2.95. The van der Waals surface area contributed by atoms with Gasteiger partial charge in [0.1, 0.15) is 0 Å². The first-order valence-corrected chi connectivity index (χ1v) is 9.22. The van der Waals surface area contributed by atoms with Crippen LogP contribution in [0.2, 0.25) is 0 Å². The summed E-state index contributed by atoms with van der Waals surface area (Å²) < 4.78 is 11.3. The van der Waals surface area contributed by atoms with Crippen molar-refractivity contribution in [2.24, 2.45) is 0 Å². The van der Waals surface area contributed by atoms with Crippen LogP contribution in [0.4, 0.5) is 11.6 Å². The van der Waals surface area contributed by atoms with Crippen molar-refractivity contribution in [3.63, 3.8) is 0 Å². The molecular weight excluding hydrogens is 346 g/mol. The van der Waals surface area contributed by atoms with Crippen LogP contribution in [-0.2, 0) is 4.79 Å². The molecule has 2 aromatic rings. The fourth-order valence-corrected chi connectivity index (χ4v) is 3.21. The number of hydrogen-bond acceptors (Lipinski definition) is 7. The van der Waals surface area contributed by atoms with Crippen LogP contribution < -0.4 is 19.7 Å². The van der Waals surface area contributed by atoms with Gasteiger partial charge >= 0.3 is 0 Å². The number of fused-ring (bicyclic) bond motifs is 1. The summed E-state index contributed by atoms with van der Waals surface area (Å²) in [6.07, 6.45) is 4.35. The largest absolute Gasteiger partial charge is 0.490 e. The van der Waals surface area contributed by atoms with Gasteiger partial charge in [0.2, 0.25) is 11.9 Å². The highest BCUT2D eigenvalue weighted by Crippen LogP contribution is 2.32. The van der Waals surface area contributed by atoms with Crippen molar-refractivity contribution in [2.45, 2.75) is 6.42 Å². The first kappa shape index (κ1) is 17.5. The van der Waals surface area contributed by atoms with Crippen LogP contribution in [0, 0.1) is 0 Å². The molecule has 1 amide bonds. The monoisotopic (exact) mass is 369 g/mol. The van der Waals surface area contributed by atoms with Crippen LogP contribution in [-0.4, -0.2) is 66.7 Å². The van der Waals surface area contributed by atoms with E-state index in [4.69, 9.17) is 9.47 Å². The summed E-state index contributed by atoms with van der Waals surface area (Å²) in [5.41, 5.74) is 0.723. The zero-order valence-corrected chi connectivity index (χ0v) is 15.1. The Bertz CT molecular complexity index is 778. The molecule has 2 aliphatic heterocycles. The van der Waals surface area contributed by atoms with E-state index in [1.54, 1.807) is 12.4 Å². The fraction of sp³-hybridized carbons (Fsp3) is 0.421. The van der Waals surface area contributed by atoms with Gasteiger partial charge in [-0.3, -0.25) is 9.69 Å². The van der Waals surface area contributed by atoms with Gasteiger partial charge < -0.3 is 19.7 Å². The number of anilines is 2. The molecule has 0 saturated carbocycles. The van der Waals surface area contributed by atoms with Crippen molar-refractivity contribution in [3.8, 4) is 11.5 Å². The lowest BCUT2D eigenvalue weighted by Crippen LogP contribution is -2.49. The second-order valence-electron chi connectivity index (χ2n) is 6.57. The number of piperazine rings is 1. The molecule has 8 nitrogen and oxygen atoms in total. The van der Waals surface area contributed by atoms with Crippen LogP contribution in [0.5, 0.6) is 11.5 Å². The summed E-state index contributed by atoms with van der Waals surface area (Å²) >= 11 is 0. The molecule has 1 fully saturated rings. The quantitative estimate of drug-likeness (QED) is 0.872. The summed E-state index contributed by atoms with van der Waals surface area (Å²) in [6, 6.07) is 7.32. The van der Waals surface area contributed by atoms with Gasteiger partial charge in [0.25, 0.3) is 0 Å². The van der Waals surface area contributed by atoms with Gasteiger partial charge in [0.05, 0.1) is 19.8 Å². The maximum Gasteiger partial charge on any atom is 0.238 e. The first-order valence-electron chi connectivity index (χ1n) is 9.22. The number of amides is 1. The van der Waals surface area contributed by atoms with E-state index in [-0.39, 0.29) is 5.91 Å². The number of benzene rings is 1. The molecule has 8 heteroatoms. The van der Waals surface area contributed by atoms with E-state index in [0.29, 0.717) is 25.5 Å².